The summed E-state index contributed by atoms with van der Waals surface area (Å²) in [5.41, 5.74) is 7.62. The van der Waals surface area contributed by atoms with Gasteiger partial charge in [0.25, 0.3) is 10.0 Å². The van der Waals surface area contributed by atoms with Crippen molar-refractivity contribution in [1.29, 1.82) is 0 Å². The first-order chi connectivity index (χ1) is 9.46. The summed E-state index contributed by atoms with van der Waals surface area (Å²) in [6.07, 6.45) is 3.12. The molecule has 0 radical (unpaired) electrons. The molecule has 20 heavy (non-hydrogen) atoms. The highest BCUT2D eigenvalue weighted by Crippen LogP contribution is 2.27. The third-order valence-corrected chi connectivity index (χ3v) is 4.95. The van der Waals surface area contributed by atoms with Crippen molar-refractivity contribution in [2.24, 2.45) is 0 Å². The average Bonchev–Trinajstić information content (AvgIpc) is 2.40. The Hall–Kier alpha value is -2.08. The summed E-state index contributed by atoms with van der Waals surface area (Å²) in [6, 6.07) is 8.26. The van der Waals surface area contributed by atoms with E-state index >= 15 is 0 Å². The molecule has 0 aliphatic heterocycles. The minimum atomic E-state index is -3.67. The summed E-state index contributed by atoms with van der Waals surface area (Å²) in [4.78, 5) is 4.03. The molecule has 106 valence electrons. The Morgan fingerprint density at radius 2 is 1.85 bits per heavy atom. The van der Waals surface area contributed by atoms with Gasteiger partial charge in [0.05, 0.1) is 11.4 Å². The van der Waals surface area contributed by atoms with Crippen LogP contribution in [0.15, 0.2) is 47.6 Å². The van der Waals surface area contributed by atoms with Gasteiger partial charge < -0.3 is 5.73 Å². The molecular formula is C14H17N3O2S. The van der Waals surface area contributed by atoms with E-state index in [0.29, 0.717) is 12.2 Å². The van der Waals surface area contributed by atoms with Gasteiger partial charge in [-0.2, -0.15) is 0 Å². The molecule has 1 aromatic carbocycles. The summed E-state index contributed by atoms with van der Waals surface area (Å²) < 4.78 is 26.8. The summed E-state index contributed by atoms with van der Waals surface area (Å²) in [7, 11) is -3.67. The van der Waals surface area contributed by atoms with Crippen molar-refractivity contribution in [3.8, 4) is 0 Å². The van der Waals surface area contributed by atoms with Crippen LogP contribution in [0.1, 0.15) is 12.5 Å². The number of nitrogen functional groups attached to an aromatic ring is 1. The van der Waals surface area contributed by atoms with Gasteiger partial charge in [-0.05, 0) is 43.7 Å². The number of rotatable bonds is 4. The number of aromatic nitrogens is 1. The maximum Gasteiger partial charge on any atom is 0.266 e. The number of hydrogen-bond donors (Lipinski definition) is 1. The zero-order chi connectivity index (χ0) is 14.8. The van der Waals surface area contributed by atoms with E-state index in [9.17, 15) is 8.42 Å². The fraction of sp³-hybridized carbons (Fsp3) is 0.214. The molecule has 0 saturated heterocycles. The van der Waals surface area contributed by atoms with E-state index in [1.165, 1.54) is 4.31 Å². The maximum atomic E-state index is 12.7. The van der Waals surface area contributed by atoms with Crippen molar-refractivity contribution < 1.29 is 8.42 Å². The Bertz CT molecular complexity index is 700. The molecule has 0 atom stereocenters. The van der Waals surface area contributed by atoms with Crippen LogP contribution in [-0.2, 0) is 10.0 Å². The number of pyridine rings is 1. The molecule has 5 nitrogen and oxygen atoms in total. The molecule has 0 bridgehead atoms. The second-order valence-corrected chi connectivity index (χ2v) is 6.25. The summed E-state index contributed by atoms with van der Waals surface area (Å²) in [6.45, 7) is 3.97. The minimum Gasteiger partial charge on any atom is -0.398 e. The van der Waals surface area contributed by atoms with Gasteiger partial charge in [-0.1, -0.05) is 6.07 Å². The van der Waals surface area contributed by atoms with Crippen molar-refractivity contribution in [3.05, 3.63) is 48.3 Å². The number of aryl methyl sites for hydroxylation is 1. The second kappa shape index (κ2) is 5.50. The Balaban J connectivity index is 2.53. The Kier molecular flexibility index (Phi) is 3.94. The molecular weight excluding hydrogens is 274 g/mol. The number of benzene rings is 1. The van der Waals surface area contributed by atoms with Crippen LogP contribution in [0.5, 0.6) is 0 Å². The Labute approximate surface area is 119 Å². The van der Waals surface area contributed by atoms with Crippen molar-refractivity contribution in [1.82, 2.24) is 4.98 Å². The summed E-state index contributed by atoms with van der Waals surface area (Å²) in [5, 5.41) is 0. The molecule has 2 N–H and O–H groups in total. The molecule has 0 saturated carbocycles. The lowest BCUT2D eigenvalue weighted by Crippen LogP contribution is -2.31. The number of hydrogen-bond acceptors (Lipinski definition) is 4. The zero-order valence-corrected chi connectivity index (χ0v) is 12.3. The lowest BCUT2D eigenvalue weighted by Gasteiger charge is -2.23. The lowest BCUT2D eigenvalue weighted by atomic mass is 10.2. The van der Waals surface area contributed by atoms with Gasteiger partial charge >= 0.3 is 0 Å². The molecule has 0 unspecified atom stereocenters. The van der Waals surface area contributed by atoms with Crippen molar-refractivity contribution >= 4 is 21.4 Å². The van der Waals surface area contributed by atoms with Gasteiger partial charge in [-0.25, -0.2) is 8.42 Å². The third kappa shape index (κ3) is 2.60. The van der Waals surface area contributed by atoms with Crippen LogP contribution in [0.2, 0.25) is 0 Å². The van der Waals surface area contributed by atoms with E-state index < -0.39 is 10.0 Å². The summed E-state index contributed by atoms with van der Waals surface area (Å²) in [5.74, 6) is 0. The lowest BCUT2D eigenvalue weighted by molar-refractivity contribution is 0.592. The minimum absolute atomic E-state index is 0.127. The number of nitrogens with two attached hydrogens (primary N) is 1. The topological polar surface area (TPSA) is 76.3 Å². The third-order valence-electron chi connectivity index (χ3n) is 2.97. The van der Waals surface area contributed by atoms with Crippen molar-refractivity contribution in [2.45, 2.75) is 18.7 Å². The van der Waals surface area contributed by atoms with Gasteiger partial charge in [-0.3, -0.25) is 9.29 Å². The van der Waals surface area contributed by atoms with Gasteiger partial charge in [0.1, 0.15) is 4.90 Å². The molecule has 0 spiro atoms. The molecule has 1 aromatic heterocycles. The molecule has 0 amide bonds. The first-order valence-corrected chi connectivity index (χ1v) is 7.69. The standard InChI is InChI=1S/C14H17N3O2S/c1-3-17(12-6-8-16-9-7-12)20(18,19)14-5-4-11(2)10-13(14)15/h4-10H,3,15H2,1-2H3. The predicted molar refractivity (Wildman–Crippen MR) is 80.0 cm³/mol. The quantitative estimate of drug-likeness (QED) is 0.876. The molecule has 2 aromatic rings. The molecule has 1 heterocycles. The number of sulfonamides is 1. The van der Waals surface area contributed by atoms with Crippen LogP contribution in [0, 0.1) is 6.92 Å². The van der Waals surface area contributed by atoms with Crippen molar-refractivity contribution in [3.63, 3.8) is 0 Å². The normalized spacial score (nSPS) is 11.3. The number of nitrogens with zero attached hydrogens (tertiary/aromatic N) is 2. The van der Waals surface area contributed by atoms with Crippen LogP contribution in [0.3, 0.4) is 0 Å². The predicted octanol–water partition coefficient (Wildman–Crippen LogP) is 2.19. The molecule has 0 fully saturated rings. The Morgan fingerprint density at radius 1 is 1.20 bits per heavy atom. The highest BCUT2D eigenvalue weighted by Gasteiger charge is 2.25. The van der Waals surface area contributed by atoms with E-state index in [1.807, 2.05) is 6.92 Å². The van der Waals surface area contributed by atoms with E-state index in [1.54, 1.807) is 49.6 Å². The first kappa shape index (κ1) is 14.3. The van der Waals surface area contributed by atoms with Crippen LogP contribution in [0.25, 0.3) is 0 Å². The van der Waals surface area contributed by atoms with E-state index in [0.717, 1.165) is 5.56 Å². The fourth-order valence-electron chi connectivity index (χ4n) is 2.02. The SMILES string of the molecule is CCN(c1ccncc1)S(=O)(=O)c1ccc(C)cc1N. The fourth-order valence-corrected chi connectivity index (χ4v) is 3.60. The first-order valence-electron chi connectivity index (χ1n) is 6.25. The molecule has 2 rings (SSSR count). The molecule has 6 heteroatoms. The van der Waals surface area contributed by atoms with Crippen molar-refractivity contribution in [2.75, 3.05) is 16.6 Å². The summed E-state index contributed by atoms with van der Waals surface area (Å²) >= 11 is 0. The van der Waals surface area contributed by atoms with Crippen LogP contribution in [0.4, 0.5) is 11.4 Å². The van der Waals surface area contributed by atoms with E-state index in [4.69, 9.17) is 5.73 Å². The second-order valence-electron chi connectivity index (χ2n) is 4.42. The van der Waals surface area contributed by atoms with Gasteiger partial charge in [-0.15, -0.1) is 0 Å². The molecule has 0 aliphatic rings. The zero-order valence-electron chi connectivity index (χ0n) is 11.4. The van der Waals surface area contributed by atoms with E-state index in [2.05, 4.69) is 4.98 Å². The smallest absolute Gasteiger partial charge is 0.266 e. The van der Waals surface area contributed by atoms with Gasteiger partial charge in [0.15, 0.2) is 0 Å². The maximum absolute atomic E-state index is 12.7. The highest BCUT2D eigenvalue weighted by molar-refractivity contribution is 7.93. The molecule has 0 aliphatic carbocycles. The number of anilines is 2. The van der Waals surface area contributed by atoms with Gasteiger partial charge in [0, 0.05) is 18.9 Å². The van der Waals surface area contributed by atoms with Gasteiger partial charge in [0.2, 0.25) is 0 Å². The van der Waals surface area contributed by atoms with Crippen LogP contribution < -0.4 is 10.0 Å². The highest BCUT2D eigenvalue weighted by atomic mass is 32.2. The Morgan fingerprint density at radius 3 is 2.40 bits per heavy atom. The largest absolute Gasteiger partial charge is 0.398 e. The average molecular weight is 291 g/mol. The monoisotopic (exact) mass is 291 g/mol. The van der Waals surface area contributed by atoms with Crippen LogP contribution in [-0.4, -0.2) is 19.9 Å². The van der Waals surface area contributed by atoms with Crippen LogP contribution >= 0.6 is 0 Å². The van der Waals surface area contributed by atoms with E-state index in [-0.39, 0.29) is 10.6 Å².